The smallest absolute Gasteiger partial charge is 0.193 e. The zero-order chi connectivity index (χ0) is 31.2. The van der Waals surface area contributed by atoms with Gasteiger partial charge in [0.15, 0.2) is 5.12 Å². The molecule has 0 saturated heterocycles. The van der Waals surface area contributed by atoms with Crippen molar-refractivity contribution in [2.45, 2.75) is 116 Å². The van der Waals surface area contributed by atoms with Crippen LogP contribution >= 0.6 is 11.8 Å². The van der Waals surface area contributed by atoms with Gasteiger partial charge in [-0.25, -0.2) is 0 Å². The molecule has 2 atom stereocenters. The molecule has 0 fully saturated rings. The second-order valence-corrected chi connectivity index (χ2v) is 15.3. The van der Waals surface area contributed by atoms with E-state index < -0.39 is 0 Å². The summed E-state index contributed by atoms with van der Waals surface area (Å²) in [6.45, 7) is 21.7. The van der Waals surface area contributed by atoms with Crippen molar-refractivity contribution in [2.24, 2.45) is 5.92 Å². The van der Waals surface area contributed by atoms with Gasteiger partial charge in [-0.2, -0.15) is 0 Å². The molecule has 2 N–H and O–H groups in total. The number of carbonyl (C=O) groups excluding carboxylic acids is 1. The van der Waals surface area contributed by atoms with E-state index in [0.29, 0.717) is 24.1 Å². The predicted molar refractivity (Wildman–Crippen MR) is 183 cm³/mol. The number of phenols is 1. The summed E-state index contributed by atoms with van der Waals surface area (Å²) in [4.78, 5) is 16.7. The van der Waals surface area contributed by atoms with Crippen LogP contribution in [0.4, 0.5) is 17.1 Å². The Morgan fingerprint density at radius 2 is 1.33 bits per heavy atom. The lowest BCUT2D eigenvalue weighted by Gasteiger charge is -2.38. The van der Waals surface area contributed by atoms with Gasteiger partial charge in [-0.1, -0.05) is 85.4 Å². The summed E-state index contributed by atoms with van der Waals surface area (Å²) in [5.41, 5.74) is 4.62. The van der Waals surface area contributed by atoms with Gasteiger partial charge < -0.3 is 15.3 Å². The van der Waals surface area contributed by atoms with Crippen LogP contribution in [-0.4, -0.2) is 22.3 Å². The maximum absolute atomic E-state index is 13.3. The third kappa shape index (κ3) is 9.29. The van der Waals surface area contributed by atoms with Crippen molar-refractivity contribution >= 4 is 33.9 Å². The number of nitrogens with one attached hydrogen (secondary N) is 1. The van der Waals surface area contributed by atoms with Crippen LogP contribution in [0.25, 0.3) is 0 Å². The average molecular weight is 589 g/mol. The highest BCUT2D eigenvalue weighted by Gasteiger charge is 2.28. The van der Waals surface area contributed by atoms with Crippen molar-refractivity contribution in [3.05, 3.63) is 77.9 Å². The predicted octanol–water partition coefficient (Wildman–Crippen LogP) is 10.5. The molecule has 2 unspecified atom stereocenters. The highest BCUT2D eigenvalue weighted by Crippen LogP contribution is 2.42. The summed E-state index contributed by atoms with van der Waals surface area (Å²) in [5, 5.41) is 14.7. The van der Waals surface area contributed by atoms with Crippen LogP contribution < -0.4 is 10.2 Å². The summed E-state index contributed by atoms with van der Waals surface area (Å²) < 4.78 is 0. The van der Waals surface area contributed by atoms with Gasteiger partial charge in [0.05, 0.1) is 0 Å². The lowest BCUT2D eigenvalue weighted by Crippen LogP contribution is -2.41. The minimum atomic E-state index is -0.225. The van der Waals surface area contributed by atoms with Crippen LogP contribution in [0.5, 0.6) is 5.75 Å². The highest BCUT2D eigenvalue weighted by atomic mass is 32.2. The molecule has 228 valence electrons. The van der Waals surface area contributed by atoms with E-state index in [9.17, 15) is 9.90 Å². The average Bonchev–Trinajstić information content (AvgIpc) is 2.88. The zero-order valence-electron chi connectivity index (χ0n) is 27.4. The second-order valence-electron chi connectivity index (χ2n) is 14.2. The fraction of sp³-hybridized carbons (Fsp3) is 0.486. The second kappa shape index (κ2) is 14.0. The Morgan fingerprint density at radius 3 is 1.83 bits per heavy atom. The van der Waals surface area contributed by atoms with Gasteiger partial charge in [0.25, 0.3) is 0 Å². The van der Waals surface area contributed by atoms with E-state index in [2.05, 4.69) is 116 Å². The SMILES string of the molecule is CC(C)CC(C)N(c1ccc(Nc2ccccc2)cc1)C(C)CCC(=O)Sc1cc(C(C)(C)C)c(O)c(C(C)(C)C)c1. The lowest BCUT2D eigenvalue weighted by molar-refractivity contribution is -0.111. The molecular weight excluding hydrogens is 536 g/mol. The molecule has 3 aromatic carbocycles. The third-order valence-electron chi connectivity index (χ3n) is 7.69. The normalized spacial score (nSPS) is 13.6. The first kappa shape index (κ1) is 33.6. The molecule has 0 amide bonds. The maximum Gasteiger partial charge on any atom is 0.193 e. The summed E-state index contributed by atoms with van der Waals surface area (Å²) in [6, 6.07) is 23.4. The monoisotopic (exact) mass is 588 g/mol. The molecule has 4 nitrogen and oxygen atoms in total. The quantitative estimate of drug-likeness (QED) is 0.218. The fourth-order valence-electron chi connectivity index (χ4n) is 5.60. The van der Waals surface area contributed by atoms with Gasteiger partial charge in [0.1, 0.15) is 5.75 Å². The molecule has 0 aliphatic rings. The summed E-state index contributed by atoms with van der Waals surface area (Å²) >= 11 is 1.31. The molecule has 0 aromatic heterocycles. The van der Waals surface area contributed by atoms with Crippen LogP contribution in [0.2, 0.25) is 0 Å². The number of benzene rings is 3. The van der Waals surface area contributed by atoms with Crippen LogP contribution in [0.15, 0.2) is 71.6 Å². The first-order chi connectivity index (χ1) is 19.6. The molecule has 42 heavy (non-hydrogen) atoms. The number of thioether (sulfide) groups is 1. The number of hydrogen-bond donors (Lipinski definition) is 2. The van der Waals surface area contributed by atoms with Crippen molar-refractivity contribution in [3.8, 4) is 5.75 Å². The topological polar surface area (TPSA) is 52.6 Å². The van der Waals surface area contributed by atoms with Gasteiger partial charge in [-0.3, -0.25) is 4.79 Å². The minimum absolute atomic E-state index is 0.158. The number of aromatic hydroxyl groups is 1. The Hall–Kier alpha value is -2.92. The molecule has 0 aliphatic carbocycles. The molecule has 0 radical (unpaired) electrons. The van der Waals surface area contributed by atoms with Crippen molar-refractivity contribution in [3.63, 3.8) is 0 Å². The number of para-hydroxylation sites is 1. The number of phenolic OH excluding ortho intramolecular Hbond substituents is 1. The van der Waals surface area contributed by atoms with E-state index in [-0.39, 0.29) is 22.0 Å². The molecule has 5 heteroatoms. The Balaban J connectivity index is 1.76. The number of rotatable bonds is 11. The summed E-state index contributed by atoms with van der Waals surface area (Å²) in [7, 11) is 0. The van der Waals surface area contributed by atoms with Crippen LogP contribution in [0, 0.1) is 5.92 Å². The zero-order valence-corrected chi connectivity index (χ0v) is 28.2. The molecular formula is C37H52N2O2S. The maximum atomic E-state index is 13.3. The first-order valence-corrected chi connectivity index (χ1v) is 16.2. The van der Waals surface area contributed by atoms with Gasteiger partial charge in [-0.15, -0.1) is 0 Å². The number of anilines is 3. The molecule has 0 aliphatic heterocycles. The van der Waals surface area contributed by atoms with Crippen LogP contribution in [0.3, 0.4) is 0 Å². The number of nitrogens with zero attached hydrogens (tertiary/aromatic N) is 1. The summed E-state index contributed by atoms with van der Waals surface area (Å²) in [5.74, 6) is 0.926. The Bertz CT molecular complexity index is 1270. The van der Waals surface area contributed by atoms with Crippen molar-refractivity contribution < 1.29 is 9.90 Å². The fourth-order valence-corrected chi connectivity index (χ4v) is 6.44. The van der Waals surface area contributed by atoms with E-state index in [1.807, 2.05) is 30.3 Å². The van der Waals surface area contributed by atoms with Crippen molar-refractivity contribution in [2.75, 3.05) is 10.2 Å². The Morgan fingerprint density at radius 1 is 0.810 bits per heavy atom. The summed E-state index contributed by atoms with van der Waals surface area (Å²) in [6.07, 6.45) is 2.34. The van der Waals surface area contributed by atoms with Crippen LogP contribution in [-0.2, 0) is 15.6 Å². The molecule has 0 spiro atoms. The minimum Gasteiger partial charge on any atom is -0.507 e. The van der Waals surface area contributed by atoms with Gasteiger partial charge in [0.2, 0.25) is 0 Å². The van der Waals surface area contributed by atoms with Gasteiger partial charge in [-0.05, 0) is 92.0 Å². The largest absolute Gasteiger partial charge is 0.507 e. The lowest BCUT2D eigenvalue weighted by atomic mass is 9.79. The van der Waals surface area contributed by atoms with Gasteiger partial charge in [0, 0.05) is 51.6 Å². The molecule has 0 saturated carbocycles. The van der Waals surface area contributed by atoms with E-state index >= 15 is 0 Å². The van der Waals surface area contributed by atoms with E-state index in [4.69, 9.17) is 0 Å². The standard InChI is InChI=1S/C37H52N2O2S/c1-25(2)22-27(4)39(30-19-17-29(18-20-30)38-28-14-12-11-13-15-28)26(3)16-21-34(40)42-31-23-32(36(5,6)7)35(41)33(24-31)37(8,9)10/h11-15,17-20,23-27,38,41H,16,21-22H2,1-10H3. The number of hydrogen-bond acceptors (Lipinski definition) is 5. The van der Waals surface area contributed by atoms with E-state index in [0.717, 1.165) is 40.2 Å². The molecule has 0 heterocycles. The molecule has 0 bridgehead atoms. The Kier molecular flexibility index (Phi) is 11.2. The van der Waals surface area contributed by atoms with Crippen molar-refractivity contribution in [1.29, 1.82) is 0 Å². The van der Waals surface area contributed by atoms with Crippen molar-refractivity contribution in [1.82, 2.24) is 0 Å². The third-order valence-corrected chi connectivity index (χ3v) is 8.59. The first-order valence-electron chi connectivity index (χ1n) is 15.4. The van der Waals surface area contributed by atoms with E-state index in [1.54, 1.807) is 0 Å². The van der Waals surface area contributed by atoms with E-state index in [1.165, 1.54) is 17.4 Å². The number of carbonyl (C=O) groups is 1. The molecule has 3 rings (SSSR count). The highest BCUT2D eigenvalue weighted by molar-refractivity contribution is 8.13. The van der Waals surface area contributed by atoms with Gasteiger partial charge >= 0.3 is 0 Å². The van der Waals surface area contributed by atoms with Crippen LogP contribution in [0.1, 0.15) is 99.6 Å². The molecule has 3 aromatic rings. The Labute approximate surface area is 259 Å².